The van der Waals surface area contributed by atoms with Gasteiger partial charge in [0.15, 0.2) is 0 Å². The van der Waals surface area contributed by atoms with Crippen molar-refractivity contribution in [2.24, 2.45) is 0 Å². The van der Waals surface area contributed by atoms with Crippen LogP contribution in [0, 0.1) is 0 Å². The Labute approximate surface area is 121 Å². The standard InChI is InChI=1S/C14H16N4OS/c19-9-17-4-6-18(7-5-17)13-12-10-2-1-3-11(10)20-14(12)16-8-15-13/h8-9H,1-7H2. The topological polar surface area (TPSA) is 49.3 Å². The molecule has 104 valence electrons. The van der Waals surface area contributed by atoms with Crippen molar-refractivity contribution in [1.82, 2.24) is 14.9 Å². The Bertz CT molecular complexity index is 660. The summed E-state index contributed by atoms with van der Waals surface area (Å²) in [5.74, 6) is 1.07. The van der Waals surface area contributed by atoms with Crippen molar-refractivity contribution in [3.8, 4) is 0 Å². The lowest BCUT2D eigenvalue weighted by Gasteiger charge is -2.33. The molecule has 1 fully saturated rings. The fourth-order valence-electron chi connectivity index (χ4n) is 3.19. The molecule has 3 heterocycles. The van der Waals surface area contributed by atoms with E-state index in [0.29, 0.717) is 0 Å². The molecule has 5 nitrogen and oxygen atoms in total. The van der Waals surface area contributed by atoms with Gasteiger partial charge in [-0.05, 0) is 24.8 Å². The van der Waals surface area contributed by atoms with Gasteiger partial charge in [-0.15, -0.1) is 11.3 Å². The van der Waals surface area contributed by atoms with Crippen LogP contribution < -0.4 is 4.90 Å². The molecule has 0 aromatic carbocycles. The molecule has 0 N–H and O–H groups in total. The van der Waals surface area contributed by atoms with Gasteiger partial charge in [0, 0.05) is 31.1 Å². The highest BCUT2D eigenvalue weighted by atomic mass is 32.1. The van der Waals surface area contributed by atoms with Crippen molar-refractivity contribution in [1.29, 1.82) is 0 Å². The summed E-state index contributed by atoms with van der Waals surface area (Å²) in [4.78, 5) is 26.5. The number of amides is 1. The van der Waals surface area contributed by atoms with Crippen molar-refractivity contribution in [2.75, 3.05) is 31.1 Å². The van der Waals surface area contributed by atoms with Crippen LogP contribution in [0.4, 0.5) is 5.82 Å². The van der Waals surface area contributed by atoms with Crippen molar-refractivity contribution in [3.05, 3.63) is 16.8 Å². The average Bonchev–Trinajstić information content (AvgIpc) is 3.07. The van der Waals surface area contributed by atoms with E-state index in [2.05, 4.69) is 14.9 Å². The summed E-state index contributed by atoms with van der Waals surface area (Å²) in [6, 6.07) is 0. The van der Waals surface area contributed by atoms with E-state index >= 15 is 0 Å². The summed E-state index contributed by atoms with van der Waals surface area (Å²) in [5.41, 5.74) is 1.47. The third-order valence-corrected chi connectivity index (χ3v) is 5.44. The number of anilines is 1. The number of aromatic nitrogens is 2. The summed E-state index contributed by atoms with van der Waals surface area (Å²) in [5, 5.41) is 1.27. The first-order valence-corrected chi connectivity index (χ1v) is 7.88. The largest absolute Gasteiger partial charge is 0.352 e. The van der Waals surface area contributed by atoms with Crippen molar-refractivity contribution < 1.29 is 4.79 Å². The first kappa shape index (κ1) is 12.1. The van der Waals surface area contributed by atoms with E-state index in [-0.39, 0.29) is 0 Å². The molecule has 1 aliphatic carbocycles. The molecule has 2 aliphatic rings. The van der Waals surface area contributed by atoms with E-state index in [1.807, 2.05) is 16.2 Å². The third kappa shape index (κ3) is 1.78. The number of aryl methyl sites for hydroxylation is 2. The molecule has 1 amide bonds. The van der Waals surface area contributed by atoms with Gasteiger partial charge in [-0.3, -0.25) is 4.79 Å². The lowest BCUT2D eigenvalue weighted by molar-refractivity contribution is -0.118. The maximum atomic E-state index is 10.8. The molecule has 0 radical (unpaired) electrons. The number of nitrogens with zero attached hydrogens (tertiary/aromatic N) is 4. The van der Waals surface area contributed by atoms with E-state index in [1.54, 1.807) is 6.33 Å². The first-order valence-electron chi connectivity index (χ1n) is 7.06. The summed E-state index contributed by atoms with van der Waals surface area (Å²) in [7, 11) is 0. The Morgan fingerprint density at radius 2 is 2.00 bits per heavy atom. The maximum Gasteiger partial charge on any atom is 0.209 e. The van der Waals surface area contributed by atoms with Crippen LogP contribution in [0.25, 0.3) is 10.2 Å². The zero-order chi connectivity index (χ0) is 13.5. The Morgan fingerprint density at radius 1 is 1.15 bits per heavy atom. The molecular weight excluding hydrogens is 272 g/mol. The smallest absolute Gasteiger partial charge is 0.209 e. The second kappa shape index (κ2) is 4.70. The van der Waals surface area contributed by atoms with Crippen LogP contribution in [0.2, 0.25) is 0 Å². The van der Waals surface area contributed by atoms with Crippen LogP contribution >= 0.6 is 11.3 Å². The van der Waals surface area contributed by atoms with Crippen molar-refractivity contribution >= 4 is 33.8 Å². The summed E-state index contributed by atoms with van der Waals surface area (Å²) in [6.07, 6.45) is 6.22. The van der Waals surface area contributed by atoms with Gasteiger partial charge in [-0.25, -0.2) is 9.97 Å². The van der Waals surface area contributed by atoms with E-state index in [1.165, 1.54) is 28.7 Å². The molecule has 4 rings (SSSR count). The molecule has 0 atom stereocenters. The van der Waals surface area contributed by atoms with Gasteiger partial charge in [-0.1, -0.05) is 0 Å². The highest BCUT2D eigenvalue weighted by Crippen LogP contribution is 2.40. The number of hydrogen-bond acceptors (Lipinski definition) is 5. The SMILES string of the molecule is O=CN1CCN(c2ncnc3sc4c(c23)CCC4)CC1. The van der Waals surface area contributed by atoms with Crippen LogP contribution in [0.3, 0.4) is 0 Å². The maximum absolute atomic E-state index is 10.8. The van der Waals surface area contributed by atoms with Crippen LogP contribution in [0.5, 0.6) is 0 Å². The van der Waals surface area contributed by atoms with Gasteiger partial charge in [-0.2, -0.15) is 0 Å². The number of thiophene rings is 1. The van der Waals surface area contributed by atoms with Crippen molar-refractivity contribution in [2.45, 2.75) is 19.3 Å². The molecule has 20 heavy (non-hydrogen) atoms. The summed E-state index contributed by atoms with van der Waals surface area (Å²) >= 11 is 1.83. The summed E-state index contributed by atoms with van der Waals surface area (Å²) < 4.78 is 0. The van der Waals surface area contributed by atoms with E-state index in [0.717, 1.165) is 49.7 Å². The predicted molar refractivity (Wildman–Crippen MR) is 79.3 cm³/mol. The lowest BCUT2D eigenvalue weighted by Crippen LogP contribution is -2.46. The molecule has 0 saturated carbocycles. The number of fused-ring (bicyclic) bond motifs is 3. The second-order valence-corrected chi connectivity index (χ2v) is 6.45. The van der Waals surface area contributed by atoms with E-state index in [9.17, 15) is 4.79 Å². The van der Waals surface area contributed by atoms with Crippen LogP contribution in [0.1, 0.15) is 16.9 Å². The van der Waals surface area contributed by atoms with Gasteiger partial charge < -0.3 is 9.80 Å². The molecule has 1 aliphatic heterocycles. The van der Waals surface area contributed by atoms with Gasteiger partial charge in [0.05, 0.1) is 5.39 Å². The number of rotatable bonds is 2. The predicted octanol–water partition coefficient (Wildman–Crippen LogP) is 1.46. The lowest BCUT2D eigenvalue weighted by atomic mass is 10.1. The highest BCUT2D eigenvalue weighted by molar-refractivity contribution is 7.19. The molecular formula is C14H16N4OS. The number of hydrogen-bond donors (Lipinski definition) is 0. The molecule has 1 saturated heterocycles. The molecule has 0 spiro atoms. The quantitative estimate of drug-likeness (QED) is 0.785. The van der Waals surface area contributed by atoms with Crippen LogP contribution in [-0.4, -0.2) is 47.5 Å². The van der Waals surface area contributed by atoms with E-state index in [4.69, 9.17) is 0 Å². The van der Waals surface area contributed by atoms with Crippen LogP contribution in [-0.2, 0) is 17.6 Å². The first-order chi connectivity index (χ1) is 9.86. The van der Waals surface area contributed by atoms with Gasteiger partial charge in [0.2, 0.25) is 6.41 Å². The molecule has 0 unspecified atom stereocenters. The molecule has 2 aromatic heterocycles. The zero-order valence-electron chi connectivity index (χ0n) is 11.2. The van der Waals surface area contributed by atoms with Gasteiger partial charge in [0.25, 0.3) is 0 Å². The fraction of sp³-hybridized carbons (Fsp3) is 0.500. The average molecular weight is 288 g/mol. The van der Waals surface area contributed by atoms with Gasteiger partial charge in [0.1, 0.15) is 17.0 Å². The third-order valence-electron chi connectivity index (χ3n) is 4.24. The number of piperazine rings is 1. The van der Waals surface area contributed by atoms with Gasteiger partial charge >= 0.3 is 0 Å². The Balaban J connectivity index is 1.75. The minimum Gasteiger partial charge on any atom is -0.352 e. The fourth-order valence-corrected chi connectivity index (χ4v) is 4.41. The zero-order valence-corrected chi connectivity index (χ0v) is 12.0. The Kier molecular flexibility index (Phi) is 2.84. The molecule has 2 aromatic rings. The molecule has 6 heteroatoms. The minimum absolute atomic E-state index is 0.779. The minimum atomic E-state index is 0.779. The monoisotopic (exact) mass is 288 g/mol. The highest BCUT2D eigenvalue weighted by Gasteiger charge is 2.25. The van der Waals surface area contributed by atoms with Crippen molar-refractivity contribution in [3.63, 3.8) is 0 Å². The Morgan fingerprint density at radius 3 is 2.80 bits per heavy atom. The van der Waals surface area contributed by atoms with E-state index < -0.39 is 0 Å². The summed E-state index contributed by atoms with van der Waals surface area (Å²) in [6.45, 7) is 3.27. The second-order valence-electron chi connectivity index (χ2n) is 5.36. The Hall–Kier alpha value is -1.69. The molecule has 0 bridgehead atoms. The number of carbonyl (C=O) groups excluding carboxylic acids is 1. The normalized spacial score (nSPS) is 18.6. The van der Waals surface area contributed by atoms with Crippen LogP contribution in [0.15, 0.2) is 6.33 Å². The number of carbonyl (C=O) groups is 1.